The van der Waals surface area contributed by atoms with E-state index in [0.717, 1.165) is 14.7 Å². The van der Waals surface area contributed by atoms with Crippen LogP contribution in [-0.2, 0) is 11.4 Å². The molecule has 168 valence electrons. The zero-order chi connectivity index (χ0) is 23.8. The minimum Gasteiger partial charge on any atom is -0.490 e. The standard InChI is InChI=1S/C26H22BrIN2O3/c1-3-32-24-14-19(12-20(15-29)26(31)30-22-10-4-17(2)5-11-22)13-23(27)25(24)33-16-18-6-8-21(28)9-7-18/h4-14H,3,16H2,1-2H3,(H,30,31)/b20-12+. The van der Waals surface area contributed by atoms with Crippen molar-refractivity contribution in [1.82, 2.24) is 0 Å². The topological polar surface area (TPSA) is 71.3 Å². The number of anilines is 1. The Labute approximate surface area is 215 Å². The second-order valence-corrected chi connectivity index (χ2v) is 9.27. The van der Waals surface area contributed by atoms with E-state index < -0.39 is 5.91 Å². The van der Waals surface area contributed by atoms with E-state index in [2.05, 4.69) is 43.8 Å². The molecule has 7 heteroatoms. The molecule has 0 heterocycles. The number of hydrogen-bond acceptors (Lipinski definition) is 4. The molecule has 0 aliphatic heterocycles. The summed E-state index contributed by atoms with van der Waals surface area (Å²) in [7, 11) is 0. The summed E-state index contributed by atoms with van der Waals surface area (Å²) in [6.45, 7) is 4.68. The van der Waals surface area contributed by atoms with Crippen molar-refractivity contribution in [3.8, 4) is 17.6 Å². The Hall–Kier alpha value is -2.83. The van der Waals surface area contributed by atoms with Gasteiger partial charge >= 0.3 is 0 Å². The maximum atomic E-state index is 12.6. The van der Waals surface area contributed by atoms with Crippen LogP contribution in [0, 0.1) is 21.8 Å². The number of rotatable bonds is 8. The van der Waals surface area contributed by atoms with Gasteiger partial charge in [-0.3, -0.25) is 4.79 Å². The number of nitriles is 1. The van der Waals surface area contributed by atoms with Crippen LogP contribution in [0.4, 0.5) is 5.69 Å². The maximum Gasteiger partial charge on any atom is 0.266 e. The molecule has 0 aliphatic carbocycles. The SMILES string of the molecule is CCOc1cc(/C=C(\C#N)C(=O)Nc2ccc(C)cc2)cc(Br)c1OCc1ccc(I)cc1. The van der Waals surface area contributed by atoms with Crippen LogP contribution >= 0.6 is 38.5 Å². The van der Waals surface area contributed by atoms with Crippen LogP contribution in [0.25, 0.3) is 6.08 Å². The van der Waals surface area contributed by atoms with Crippen LogP contribution in [0.3, 0.4) is 0 Å². The third kappa shape index (κ3) is 7.07. The van der Waals surface area contributed by atoms with E-state index in [9.17, 15) is 10.1 Å². The molecule has 3 aromatic carbocycles. The number of halogens is 2. The number of carbonyl (C=O) groups is 1. The summed E-state index contributed by atoms with van der Waals surface area (Å²) in [6, 6.07) is 21.0. The number of carbonyl (C=O) groups excluding carboxylic acids is 1. The van der Waals surface area contributed by atoms with Gasteiger partial charge < -0.3 is 14.8 Å². The number of aryl methyl sites for hydroxylation is 1. The van der Waals surface area contributed by atoms with Crippen molar-refractivity contribution in [3.05, 3.63) is 91.0 Å². The molecule has 3 aromatic rings. The van der Waals surface area contributed by atoms with Crippen LogP contribution in [0.2, 0.25) is 0 Å². The molecule has 5 nitrogen and oxygen atoms in total. The Morgan fingerprint density at radius 3 is 2.45 bits per heavy atom. The molecule has 1 amide bonds. The molecule has 0 aliphatic rings. The quantitative estimate of drug-likeness (QED) is 0.170. The van der Waals surface area contributed by atoms with Gasteiger partial charge in [-0.05, 0) is 106 Å². The van der Waals surface area contributed by atoms with E-state index in [0.29, 0.717) is 40.4 Å². The molecule has 0 aromatic heterocycles. The van der Waals surface area contributed by atoms with E-state index >= 15 is 0 Å². The molecule has 0 atom stereocenters. The van der Waals surface area contributed by atoms with Crippen LogP contribution in [0.15, 0.2) is 70.7 Å². The van der Waals surface area contributed by atoms with Crippen molar-refractivity contribution >= 4 is 56.2 Å². The first-order chi connectivity index (χ1) is 15.9. The number of nitrogens with one attached hydrogen (secondary N) is 1. The fraction of sp³-hybridized carbons (Fsp3) is 0.154. The second-order valence-electron chi connectivity index (χ2n) is 7.17. The molecule has 0 spiro atoms. The third-order valence-corrected chi connectivity index (χ3v) is 5.92. The van der Waals surface area contributed by atoms with E-state index in [1.54, 1.807) is 24.3 Å². The van der Waals surface area contributed by atoms with E-state index in [4.69, 9.17) is 9.47 Å². The van der Waals surface area contributed by atoms with Crippen molar-refractivity contribution < 1.29 is 14.3 Å². The normalized spacial score (nSPS) is 10.9. The largest absolute Gasteiger partial charge is 0.490 e. The average molecular weight is 617 g/mol. The summed E-state index contributed by atoms with van der Waals surface area (Å²) < 4.78 is 13.6. The van der Waals surface area contributed by atoms with Gasteiger partial charge in [-0.1, -0.05) is 29.8 Å². The average Bonchev–Trinajstić information content (AvgIpc) is 2.79. The first-order valence-corrected chi connectivity index (χ1v) is 12.1. The van der Waals surface area contributed by atoms with Gasteiger partial charge in [-0.15, -0.1) is 0 Å². The second kappa shape index (κ2) is 11.9. The number of nitrogens with zero attached hydrogens (tertiary/aromatic N) is 1. The molecule has 33 heavy (non-hydrogen) atoms. The van der Waals surface area contributed by atoms with E-state index in [1.807, 2.05) is 56.3 Å². The van der Waals surface area contributed by atoms with Crippen LogP contribution < -0.4 is 14.8 Å². The predicted molar refractivity (Wildman–Crippen MR) is 142 cm³/mol. The summed E-state index contributed by atoms with van der Waals surface area (Å²) in [5.41, 5.74) is 3.37. The van der Waals surface area contributed by atoms with Gasteiger partial charge in [-0.25, -0.2) is 0 Å². The zero-order valence-corrected chi connectivity index (χ0v) is 21.9. The van der Waals surface area contributed by atoms with Gasteiger partial charge in [0.1, 0.15) is 18.2 Å². The molecule has 3 rings (SSSR count). The Morgan fingerprint density at radius 1 is 1.12 bits per heavy atom. The van der Waals surface area contributed by atoms with Gasteiger partial charge in [0.05, 0.1) is 11.1 Å². The van der Waals surface area contributed by atoms with Gasteiger partial charge in [0.25, 0.3) is 5.91 Å². The zero-order valence-electron chi connectivity index (χ0n) is 18.2. The lowest BCUT2D eigenvalue weighted by Gasteiger charge is -2.15. The van der Waals surface area contributed by atoms with Crippen LogP contribution in [0.5, 0.6) is 11.5 Å². The monoisotopic (exact) mass is 616 g/mol. The van der Waals surface area contributed by atoms with Gasteiger partial charge in [0, 0.05) is 9.26 Å². The molecule has 0 bridgehead atoms. The van der Waals surface area contributed by atoms with E-state index in [-0.39, 0.29) is 5.57 Å². The third-order valence-electron chi connectivity index (χ3n) is 4.61. The first kappa shape index (κ1) is 24.8. The fourth-order valence-corrected chi connectivity index (χ4v) is 3.89. The summed E-state index contributed by atoms with van der Waals surface area (Å²) in [5, 5.41) is 12.3. The van der Waals surface area contributed by atoms with E-state index in [1.165, 1.54) is 6.08 Å². The highest BCUT2D eigenvalue weighted by molar-refractivity contribution is 14.1. The summed E-state index contributed by atoms with van der Waals surface area (Å²) in [6.07, 6.45) is 1.53. The van der Waals surface area contributed by atoms with Gasteiger partial charge in [0.2, 0.25) is 0 Å². The first-order valence-electron chi connectivity index (χ1n) is 10.2. The Kier molecular flexibility index (Phi) is 8.92. The lowest BCUT2D eigenvalue weighted by Crippen LogP contribution is -2.13. The number of ether oxygens (including phenoxy) is 2. The Balaban J connectivity index is 1.83. The molecule has 0 saturated heterocycles. The minimum atomic E-state index is -0.477. The highest BCUT2D eigenvalue weighted by Gasteiger charge is 2.15. The molecule has 0 fully saturated rings. The number of amides is 1. The van der Waals surface area contributed by atoms with Crippen molar-refractivity contribution in [3.63, 3.8) is 0 Å². The van der Waals surface area contributed by atoms with Crippen LogP contribution in [-0.4, -0.2) is 12.5 Å². The van der Waals surface area contributed by atoms with Crippen LogP contribution in [0.1, 0.15) is 23.6 Å². The lowest BCUT2D eigenvalue weighted by atomic mass is 10.1. The molecule has 1 N–H and O–H groups in total. The van der Waals surface area contributed by atoms with Gasteiger partial charge in [0.15, 0.2) is 11.5 Å². The maximum absolute atomic E-state index is 12.6. The highest BCUT2D eigenvalue weighted by Crippen LogP contribution is 2.38. The molecular weight excluding hydrogens is 595 g/mol. The predicted octanol–water partition coefficient (Wildman–Crippen LogP) is 6.89. The Morgan fingerprint density at radius 2 is 1.82 bits per heavy atom. The number of hydrogen-bond donors (Lipinski definition) is 1. The molecule has 0 radical (unpaired) electrons. The summed E-state index contributed by atoms with van der Waals surface area (Å²) in [4.78, 5) is 12.6. The minimum absolute atomic E-state index is 0.0162. The smallest absolute Gasteiger partial charge is 0.266 e. The van der Waals surface area contributed by atoms with Gasteiger partial charge in [-0.2, -0.15) is 5.26 Å². The Bertz CT molecular complexity index is 1200. The fourth-order valence-electron chi connectivity index (χ4n) is 2.96. The summed E-state index contributed by atoms with van der Waals surface area (Å²) in [5.74, 6) is 0.615. The van der Waals surface area contributed by atoms with Crippen molar-refractivity contribution in [2.75, 3.05) is 11.9 Å². The molecule has 0 unspecified atom stereocenters. The highest BCUT2D eigenvalue weighted by atomic mass is 127. The van der Waals surface area contributed by atoms with Crippen molar-refractivity contribution in [2.24, 2.45) is 0 Å². The van der Waals surface area contributed by atoms with Crippen molar-refractivity contribution in [2.45, 2.75) is 20.5 Å². The lowest BCUT2D eigenvalue weighted by molar-refractivity contribution is -0.112. The molecule has 0 saturated carbocycles. The summed E-state index contributed by atoms with van der Waals surface area (Å²) >= 11 is 5.80. The number of benzene rings is 3. The van der Waals surface area contributed by atoms with Crippen molar-refractivity contribution in [1.29, 1.82) is 5.26 Å². The molecular formula is C26H22BrIN2O3.